The average Bonchev–Trinajstić information content (AvgIpc) is 3.04. The van der Waals surface area contributed by atoms with Crippen molar-refractivity contribution in [2.24, 2.45) is 0 Å². The van der Waals surface area contributed by atoms with Crippen molar-refractivity contribution in [1.82, 2.24) is 10.2 Å². The molecule has 0 saturated carbocycles. The zero-order valence-electron chi connectivity index (χ0n) is 14.1. The van der Waals surface area contributed by atoms with Gasteiger partial charge in [-0.1, -0.05) is 35.9 Å². The summed E-state index contributed by atoms with van der Waals surface area (Å²) in [6, 6.07) is 10.8. The Kier molecular flexibility index (Phi) is 5.95. The smallest absolute Gasteiger partial charge is 0.145 e. The van der Waals surface area contributed by atoms with Gasteiger partial charge < -0.3 is 15.2 Å². The fraction of sp³-hybridized carbons (Fsp3) is 0.474. The summed E-state index contributed by atoms with van der Waals surface area (Å²) in [6.07, 6.45) is 1.11. The molecule has 5 heteroatoms. The number of hydrogen-bond acceptors (Lipinski definition) is 4. The lowest BCUT2D eigenvalue weighted by Gasteiger charge is -2.19. The Labute approximate surface area is 148 Å². The highest BCUT2D eigenvalue weighted by molar-refractivity contribution is 6.33. The van der Waals surface area contributed by atoms with Crippen LogP contribution in [0.2, 0.25) is 5.02 Å². The average molecular weight is 349 g/mol. The van der Waals surface area contributed by atoms with E-state index in [-0.39, 0.29) is 6.61 Å². The first-order valence-corrected chi connectivity index (χ1v) is 9.00. The number of rotatable bonds is 7. The van der Waals surface area contributed by atoms with Crippen molar-refractivity contribution < 1.29 is 9.84 Å². The molecular formula is C19H25ClN2O2. The summed E-state index contributed by atoms with van der Waals surface area (Å²) in [5.74, 6) is 0.780. The van der Waals surface area contributed by atoms with Crippen LogP contribution >= 0.6 is 11.6 Å². The third-order valence-corrected chi connectivity index (χ3v) is 4.82. The number of nitrogens with one attached hydrogen (secondary N) is 1. The molecule has 1 atom stereocenters. The van der Waals surface area contributed by atoms with Gasteiger partial charge in [0.1, 0.15) is 5.75 Å². The van der Waals surface area contributed by atoms with Crippen molar-refractivity contribution in [1.29, 1.82) is 0 Å². The van der Waals surface area contributed by atoms with Crippen molar-refractivity contribution in [3.8, 4) is 5.75 Å². The first-order valence-electron chi connectivity index (χ1n) is 8.62. The van der Waals surface area contributed by atoms with E-state index in [1.54, 1.807) is 0 Å². The molecule has 3 rings (SSSR count). The second-order valence-electron chi connectivity index (χ2n) is 6.22. The van der Waals surface area contributed by atoms with Crippen LogP contribution in [0.15, 0.2) is 30.3 Å². The summed E-state index contributed by atoms with van der Waals surface area (Å²) < 4.78 is 5.76. The van der Waals surface area contributed by atoms with Gasteiger partial charge in [-0.2, -0.15) is 0 Å². The van der Waals surface area contributed by atoms with Crippen molar-refractivity contribution in [2.75, 3.05) is 32.8 Å². The van der Waals surface area contributed by atoms with Crippen molar-refractivity contribution in [3.05, 3.63) is 40.9 Å². The van der Waals surface area contributed by atoms with E-state index in [2.05, 4.69) is 28.4 Å². The van der Waals surface area contributed by atoms with Crippen LogP contribution in [0.25, 0.3) is 10.8 Å². The third kappa shape index (κ3) is 3.83. The molecule has 130 valence electrons. The lowest BCUT2D eigenvalue weighted by atomic mass is 10.0. The highest BCUT2D eigenvalue weighted by atomic mass is 35.5. The minimum absolute atomic E-state index is 0.190. The molecule has 1 saturated heterocycles. The standard InChI is InChI=1S/C19H25ClN2O2/c1-2-24-19-17-6-4-3-5-16(17)14(11-18(19)20)12-22-9-7-15(13-22)21-8-10-23/h3-6,11,15,21,23H,2,7-10,12-13H2,1H3/t15-/m1/s1. The van der Waals surface area contributed by atoms with Gasteiger partial charge in [-0.15, -0.1) is 0 Å². The molecule has 4 nitrogen and oxygen atoms in total. The van der Waals surface area contributed by atoms with Crippen LogP contribution in [0, 0.1) is 0 Å². The van der Waals surface area contributed by atoms with Gasteiger partial charge in [0.15, 0.2) is 0 Å². The summed E-state index contributed by atoms with van der Waals surface area (Å²) in [4.78, 5) is 2.44. The Morgan fingerprint density at radius 1 is 1.33 bits per heavy atom. The van der Waals surface area contributed by atoms with Crippen LogP contribution in [-0.2, 0) is 6.54 Å². The SMILES string of the molecule is CCOc1c(Cl)cc(CN2CC[C@@H](NCCO)C2)c2ccccc12. The number of halogens is 1. The lowest BCUT2D eigenvalue weighted by Crippen LogP contribution is -2.34. The monoisotopic (exact) mass is 348 g/mol. The summed E-state index contributed by atoms with van der Waals surface area (Å²) >= 11 is 6.49. The van der Waals surface area contributed by atoms with Crippen LogP contribution in [0.1, 0.15) is 18.9 Å². The van der Waals surface area contributed by atoms with E-state index in [9.17, 15) is 0 Å². The summed E-state index contributed by atoms with van der Waals surface area (Å²) in [5.41, 5.74) is 1.24. The van der Waals surface area contributed by atoms with Gasteiger partial charge in [0.25, 0.3) is 0 Å². The van der Waals surface area contributed by atoms with E-state index in [0.29, 0.717) is 24.2 Å². The minimum atomic E-state index is 0.190. The molecule has 1 aliphatic heterocycles. The molecule has 0 aromatic heterocycles. The van der Waals surface area contributed by atoms with Gasteiger partial charge in [-0.25, -0.2) is 0 Å². The topological polar surface area (TPSA) is 44.7 Å². The number of aliphatic hydroxyl groups is 1. The third-order valence-electron chi connectivity index (χ3n) is 4.54. The lowest BCUT2D eigenvalue weighted by molar-refractivity contribution is 0.278. The van der Waals surface area contributed by atoms with E-state index in [1.807, 2.05) is 19.1 Å². The maximum absolute atomic E-state index is 8.94. The molecule has 0 radical (unpaired) electrons. The molecule has 0 amide bonds. The predicted octanol–water partition coefficient (Wildman–Crippen LogP) is 3.05. The summed E-state index contributed by atoms with van der Waals surface area (Å²) in [5, 5.41) is 15.3. The van der Waals surface area contributed by atoms with Crippen molar-refractivity contribution >= 4 is 22.4 Å². The zero-order valence-corrected chi connectivity index (χ0v) is 14.9. The summed E-state index contributed by atoms with van der Waals surface area (Å²) in [7, 11) is 0. The van der Waals surface area contributed by atoms with Gasteiger partial charge in [0, 0.05) is 37.6 Å². The quantitative estimate of drug-likeness (QED) is 0.807. The van der Waals surface area contributed by atoms with Crippen molar-refractivity contribution in [2.45, 2.75) is 25.9 Å². The largest absolute Gasteiger partial charge is 0.492 e. The molecule has 1 heterocycles. The van der Waals surface area contributed by atoms with E-state index in [1.165, 1.54) is 10.9 Å². The summed E-state index contributed by atoms with van der Waals surface area (Å²) in [6.45, 7) is 6.37. The Bertz CT molecular complexity index is 692. The van der Waals surface area contributed by atoms with Crippen LogP contribution in [0.3, 0.4) is 0 Å². The second kappa shape index (κ2) is 8.17. The number of nitrogens with zero attached hydrogens (tertiary/aromatic N) is 1. The van der Waals surface area contributed by atoms with Gasteiger partial charge >= 0.3 is 0 Å². The van der Waals surface area contributed by atoms with Gasteiger partial charge in [-0.3, -0.25) is 4.90 Å². The zero-order chi connectivity index (χ0) is 16.9. The Morgan fingerprint density at radius 2 is 2.12 bits per heavy atom. The predicted molar refractivity (Wildman–Crippen MR) is 98.9 cm³/mol. The van der Waals surface area contributed by atoms with E-state index >= 15 is 0 Å². The Morgan fingerprint density at radius 3 is 2.88 bits per heavy atom. The molecular weight excluding hydrogens is 324 g/mol. The Hall–Kier alpha value is -1.33. The molecule has 0 aliphatic carbocycles. The number of likely N-dealkylation sites (tertiary alicyclic amines) is 1. The molecule has 24 heavy (non-hydrogen) atoms. The fourth-order valence-electron chi connectivity index (χ4n) is 3.46. The van der Waals surface area contributed by atoms with Crippen LogP contribution < -0.4 is 10.1 Å². The van der Waals surface area contributed by atoms with Crippen LogP contribution in [0.5, 0.6) is 5.75 Å². The minimum Gasteiger partial charge on any atom is -0.492 e. The molecule has 2 aromatic rings. The normalized spacial score (nSPS) is 18.4. The molecule has 1 aliphatic rings. The molecule has 0 bridgehead atoms. The number of aliphatic hydroxyl groups excluding tert-OH is 1. The fourth-order valence-corrected chi connectivity index (χ4v) is 3.75. The number of hydrogen-bond donors (Lipinski definition) is 2. The van der Waals surface area contributed by atoms with Gasteiger partial charge in [0.2, 0.25) is 0 Å². The number of benzene rings is 2. The highest BCUT2D eigenvalue weighted by Crippen LogP contribution is 2.36. The first-order chi connectivity index (χ1) is 11.7. The molecule has 0 spiro atoms. The molecule has 2 aromatic carbocycles. The first kappa shape index (κ1) is 17.5. The molecule has 1 fully saturated rings. The van der Waals surface area contributed by atoms with Gasteiger partial charge in [0.05, 0.1) is 18.2 Å². The molecule has 2 N–H and O–H groups in total. The highest BCUT2D eigenvalue weighted by Gasteiger charge is 2.23. The number of fused-ring (bicyclic) bond motifs is 1. The van der Waals surface area contributed by atoms with Crippen LogP contribution in [-0.4, -0.2) is 48.9 Å². The maximum Gasteiger partial charge on any atom is 0.145 e. The maximum atomic E-state index is 8.94. The van der Waals surface area contributed by atoms with E-state index < -0.39 is 0 Å². The van der Waals surface area contributed by atoms with Gasteiger partial charge in [-0.05, 0) is 30.4 Å². The second-order valence-corrected chi connectivity index (χ2v) is 6.63. The van der Waals surface area contributed by atoms with E-state index in [4.69, 9.17) is 21.4 Å². The van der Waals surface area contributed by atoms with Crippen LogP contribution in [0.4, 0.5) is 0 Å². The molecule has 0 unspecified atom stereocenters. The number of ether oxygens (including phenoxy) is 1. The Balaban J connectivity index is 1.82. The van der Waals surface area contributed by atoms with E-state index in [0.717, 1.165) is 37.2 Å². The van der Waals surface area contributed by atoms with Crippen molar-refractivity contribution in [3.63, 3.8) is 0 Å².